The summed E-state index contributed by atoms with van der Waals surface area (Å²) in [5.74, 6) is 0. The summed E-state index contributed by atoms with van der Waals surface area (Å²) in [7, 11) is 0. The highest BCUT2D eigenvalue weighted by molar-refractivity contribution is 5.90. The second-order valence-electron chi connectivity index (χ2n) is 6.66. The molecule has 0 atom stereocenters. The number of benzene rings is 1. The number of likely N-dealkylation sites (N-methyl/N-ethyl adjacent to an activating group) is 1. The molecule has 1 aliphatic rings. The van der Waals surface area contributed by atoms with Gasteiger partial charge in [-0.3, -0.25) is 0 Å². The molecule has 0 spiro atoms. The molecule has 1 N–H and O–H groups in total. The first kappa shape index (κ1) is 23.4. The van der Waals surface area contributed by atoms with E-state index in [0.717, 1.165) is 0 Å². The first-order chi connectivity index (χ1) is 13.9. The molecule has 0 radical (unpaired) electrons. The van der Waals surface area contributed by atoms with Crippen molar-refractivity contribution in [2.24, 2.45) is 0 Å². The van der Waals surface area contributed by atoms with Crippen LogP contribution in [0.2, 0.25) is 0 Å². The number of carbonyl (C=O) groups excluding carboxylic acids is 1. The number of rotatable bonds is 6. The molecule has 1 aromatic rings. The molecule has 1 aromatic carbocycles. The van der Waals surface area contributed by atoms with Crippen molar-refractivity contribution in [3.63, 3.8) is 0 Å². The molecule has 1 heterocycles. The van der Waals surface area contributed by atoms with E-state index in [9.17, 15) is 31.1 Å². The lowest BCUT2D eigenvalue weighted by molar-refractivity contribution is -0.143. The van der Waals surface area contributed by atoms with E-state index >= 15 is 0 Å². The van der Waals surface area contributed by atoms with Gasteiger partial charge in [0.1, 0.15) is 0 Å². The normalized spacial score (nSPS) is 15.1. The zero-order valence-corrected chi connectivity index (χ0v) is 16.1. The van der Waals surface area contributed by atoms with E-state index in [1.165, 1.54) is 4.90 Å². The molecule has 2 amide bonds. The third-order valence-corrected chi connectivity index (χ3v) is 4.56. The smallest absolute Gasteiger partial charge is 0.366 e. The molecule has 10 heteroatoms. The second kappa shape index (κ2) is 8.85. The number of hydrogen-bond donors (Lipinski definition) is 1. The lowest BCUT2D eigenvalue weighted by Crippen LogP contribution is -2.61. The SMILES string of the molecule is C=C/C=C\C(=C)N(CC)C1CN(C(=O)Nc2cc(C(F)(F)F)cc(C(F)(F)F)c2)C1. The van der Waals surface area contributed by atoms with Crippen molar-refractivity contribution in [3.8, 4) is 0 Å². The van der Waals surface area contributed by atoms with Crippen LogP contribution < -0.4 is 5.32 Å². The van der Waals surface area contributed by atoms with Crippen molar-refractivity contribution in [2.45, 2.75) is 25.3 Å². The van der Waals surface area contributed by atoms with E-state index in [-0.39, 0.29) is 25.2 Å². The standard InChI is InChI=1S/C20H21F6N3O/c1-4-6-7-13(3)29(5-2)17-11-28(12-17)18(30)27-16-9-14(19(21,22)23)8-15(10-16)20(24,25)26/h4,6-10,17H,1,3,5,11-12H2,2H3,(H,27,30)/b7-6-. The monoisotopic (exact) mass is 433 g/mol. The van der Waals surface area contributed by atoms with Gasteiger partial charge in [-0.15, -0.1) is 0 Å². The zero-order chi connectivity index (χ0) is 22.7. The molecule has 4 nitrogen and oxygen atoms in total. The zero-order valence-electron chi connectivity index (χ0n) is 16.1. The van der Waals surface area contributed by atoms with E-state index in [2.05, 4.69) is 18.5 Å². The number of allylic oxidation sites excluding steroid dienone is 3. The van der Waals surface area contributed by atoms with E-state index in [1.54, 1.807) is 18.2 Å². The molecular formula is C20H21F6N3O. The number of urea groups is 1. The summed E-state index contributed by atoms with van der Waals surface area (Å²) < 4.78 is 77.6. The predicted octanol–water partition coefficient (Wildman–Crippen LogP) is 5.52. The van der Waals surface area contributed by atoms with Gasteiger partial charge in [-0.2, -0.15) is 26.3 Å². The summed E-state index contributed by atoms with van der Waals surface area (Å²) in [5.41, 5.74) is -2.85. The summed E-state index contributed by atoms with van der Waals surface area (Å²) in [5, 5.41) is 2.13. The molecule has 1 aliphatic heterocycles. The molecular weight excluding hydrogens is 412 g/mol. The van der Waals surface area contributed by atoms with Gasteiger partial charge in [0.25, 0.3) is 0 Å². The Hall–Kier alpha value is -2.91. The van der Waals surface area contributed by atoms with Gasteiger partial charge < -0.3 is 15.1 Å². The minimum absolute atomic E-state index is 0.0107. The number of anilines is 1. The fourth-order valence-corrected chi connectivity index (χ4v) is 3.02. The van der Waals surface area contributed by atoms with Gasteiger partial charge in [0.15, 0.2) is 0 Å². The van der Waals surface area contributed by atoms with Crippen molar-refractivity contribution in [1.29, 1.82) is 0 Å². The van der Waals surface area contributed by atoms with Crippen LogP contribution in [-0.2, 0) is 12.4 Å². The van der Waals surface area contributed by atoms with Crippen molar-refractivity contribution < 1.29 is 31.1 Å². The van der Waals surface area contributed by atoms with Crippen LogP contribution in [-0.4, -0.2) is 41.5 Å². The Bertz CT molecular complexity index is 806. The highest BCUT2D eigenvalue weighted by Crippen LogP contribution is 2.37. The van der Waals surface area contributed by atoms with Crippen LogP contribution in [0.15, 0.2) is 55.3 Å². The van der Waals surface area contributed by atoms with Crippen molar-refractivity contribution in [1.82, 2.24) is 9.80 Å². The Balaban J connectivity index is 2.09. The highest BCUT2D eigenvalue weighted by atomic mass is 19.4. The largest absolute Gasteiger partial charge is 0.416 e. The fraction of sp³-hybridized carbons (Fsp3) is 0.350. The number of nitrogens with one attached hydrogen (secondary N) is 1. The minimum Gasteiger partial charge on any atom is -0.366 e. The average Bonchev–Trinajstić information content (AvgIpc) is 2.60. The number of halogens is 6. The van der Waals surface area contributed by atoms with Gasteiger partial charge in [-0.1, -0.05) is 25.3 Å². The van der Waals surface area contributed by atoms with E-state index in [0.29, 0.717) is 24.4 Å². The average molecular weight is 433 g/mol. The first-order valence-corrected chi connectivity index (χ1v) is 8.96. The Morgan fingerprint density at radius 2 is 1.70 bits per heavy atom. The lowest BCUT2D eigenvalue weighted by Gasteiger charge is -2.46. The van der Waals surface area contributed by atoms with Crippen LogP contribution in [0, 0.1) is 0 Å². The number of hydrogen-bond acceptors (Lipinski definition) is 2. The number of likely N-dealkylation sites (tertiary alicyclic amines) is 1. The molecule has 0 aliphatic carbocycles. The van der Waals surface area contributed by atoms with Crippen molar-refractivity contribution in [2.75, 3.05) is 25.0 Å². The number of amides is 2. The number of alkyl halides is 6. The molecule has 2 rings (SSSR count). The second-order valence-corrected chi connectivity index (χ2v) is 6.66. The van der Waals surface area contributed by atoms with Gasteiger partial charge >= 0.3 is 18.4 Å². The Kier molecular flexibility index (Phi) is 6.89. The number of carbonyl (C=O) groups is 1. The summed E-state index contributed by atoms with van der Waals surface area (Å²) in [6, 6.07) is 0.128. The Labute approximate surface area is 170 Å². The molecule has 164 valence electrons. The molecule has 1 saturated heterocycles. The van der Waals surface area contributed by atoms with Crippen LogP contribution in [0.25, 0.3) is 0 Å². The van der Waals surface area contributed by atoms with Crippen molar-refractivity contribution >= 4 is 11.7 Å². The van der Waals surface area contributed by atoms with Crippen molar-refractivity contribution in [3.05, 3.63) is 66.4 Å². The molecule has 0 bridgehead atoms. The topological polar surface area (TPSA) is 35.6 Å². The molecule has 1 fully saturated rings. The van der Waals surface area contributed by atoms with Gasteiger partial charge in [-0.25, -0.2) is 4.79 Å². The fourth-order valence-electron chi connectivity index (χ4n) is 3.02. The summed E-state index contributed by atoms with van der Waals surface area (Å²) in [6.07, 6.45) is -4.92. The maximum atomic E-state index is 12.9. The minimum atomic E-state index is -4.98. The van der Waals surface area contributed by atoms with Gasteiger partial charge in [-0.05, 0) is 31.2 Å². The molecule has 0 aromatic heterocycles. The van der Waals surface area contributed by atoms with E-state index in [4.69, 9.17) is 0 Å². The maximum Gasteiger partial charge on any atom is 0.416 e. The van der Waals surface area contributed by atoms with Gasteiger partial charge in [0, 0.05) is 31.0 Å². The summed E-state index contributed by atoms with van der Waals surface area (Å²) in [4.78, 5) is 15.5. The van der Waals surface area contributed by atoms with Crippen LogP contribution in [0.5, 0.6) is 0 Å². The Morgan fingerprint density at radius 3 is 2.13 bits per heavy atom. The van der Waals surface area contributed by atoms with Gasteiger partial charge in [0.05, 0.1) is 17.2 Å². The highest BCUT2D eigenvalue weighted by Gasteiger charge is 2.38. The predicted molar refractivity (Wildman–Crippen MR) is 102 cm³/mol. The van der Waals surface area contributed by atoms with E-state index in [1.807, 2.05) is 11.8 Å². The quantitative estimate of drug-likeness (QED) is 0.474. The van der Waals surface area contributed by atoms with Crippen LogP contribution >= 0.6 is 0 Å². The third kappa shape index (κ3) is 5.58. The van der Waals surface area contributed by atoms with Crippen LogP contribution in [0.3, 0.4) is 0 Å². The maximum absolute atomic E-state index is 12.9. The Morgan fingerprint density at radius 1 is 1.17 bits per heavy atom. The lowest BCUT2D eigenvalue weighted by atomic mass is 10.1. The van der Waals surface area contributed by atoms with Crippen LogP contribution in [0.4, 0.5) is 36.8 Å². The van der Waals surface area contributed by atoms with Crippen LogP contribution in [0.1, 0.15) is 18.1 Å². The summed E-state index contributed by atoms with van der Waals surface area (Å²) >= 11 is 0. The third-order valence-electron chi connectivity index (χ3n) is 4.56. The molecule has 0 saturated carbocycles. The van der Waals surface area contributed by atoms with E-state index < -0.39 is 35.2 Å². The molecule has 30 heavy (non-hydrogen) atoms. The molecule has 0 unspecified atom stereocenters. The summed E-state index contributed by atoms with van der Waals surface area (Å²) in [6.45, 7) is 10.5. The van der Waals surface area contributed by atoms with Gasteiger partial charge in [0.2, 0.25) is 0 Å². The first-order valence-electron chi connectivity index (χ1n) is 8.96. The number of nitrogens with zero attached hydrogens (tertiary/aromatic N) is 2.